The fourth-order valence-electron chi connectivity index (χ4n) is 1.87. The van der Waals surface area contributed by atoms with Crippen molar-refractivity contribution in [2.24, 2.45) is 0 Å². The first-order valence-corrected chi connectivity index (χ1v) is 7.56. The molecule has 0 aromatic heterocycles. The zero-order chi connectivity index (χ0) is 15.6. The monoisotopic (exact) mass is 302 g/mol. The Hall–Kier alpha value is -2.36. The number of rotatable bonds is 3. The summed E-state index contributed by atoms with van der Waals surface area (Å²) in [5, 5.41) is 18.5. The van der Waals surface area contributed by atoms with E-state index in [4.69, 9.17) is 5.26 Å². The molecule has 0 heterocycles. The molecule has 0 spiro atoms. The van der Waals surface area contributed by atoms with Crippen LogP contribution in [0.3, 0.4) is 0 Å². The molecule has 2 aromatic rings. The second-order valence-electron chi connectivity index (χ2n) is 4.69. The summed E-state index contributed by atoms with van der Waals surface area (Å²) in [5.41, 5.74) is 1.72. The summed E-state index contributed by atoms with van der Waals surface area (Å²) >= 11 is 0. The van der Waals surface area contributed by atoms with E-state index in [0.29, 0.717) is 11.1 Å². The van der Waals surface area contributed by atoms with Crippen molar-refractivity contribution in [1.82, 2.24) is 4.31 Å². The molecular formula is C15H14N2O3S. The number of benzene rings is 2. The van der Waals surface area contributed by atoms with Gasteiger partial charge in [-0.25, -0.2) is 12.7 Å². The largest absolute Gasteiger partial charge is 0.508 e. The molecule has 0 amide bonds. The number of sulfonamides is 1. The quantitative estimate of drug-likeness (QED) is 0.942. The molecule has 2 aromatic carbocycles. The van der Waals surface area contributed by atoms with Crippen molar-refractivity contribution in [3.8, 4) is 22.9 Å². The van der Waals surface area contributed by atoms with E-state index in [1.165, 1.54) is 38.4 Å². The number of phenolic OH excluding ortho intramolecular Hbond substituents is 1. The van der Waals surface area contributed by atoms with Crippen molar-refractivity contribution >= 4 is 10.0 Å². The smallest absolute Gasteiger partial charge is 0.242 e. The van der Waals surface area contributed by atoms with Crippen LogP contribution in [-0.2, 0) is 10.0 Å². The van der Waals surface area contributed by atoms with Gasteiger partial charge < -0.3 is 5.11 Å². The molecule has 0 unspecified atom stereocenters. The van der Waals surface area contributed by atoms with Crippen LogP contribution in [-0.4, -0.2) is 31.9 Å². The third-order valence-electron chi connectivity index (χ3n) is 3.01. The highest BCUT2D eigenvalue weighted by Crippen LogP contribution is 2.26. The lowest BCUT2D eigenvalue weighted by molar-refractivity contribution is 0.475. The summed E-state index contributed by atoms with van der Waals surface area (Å²) in [7, 11) is -0.525. The van der Waals surface area contributed by atoms with Crippen LogP contribution in [0.4, 0.5) is 0 Å². The van der Waals surface area contributed by atoms with Crippen molar-refractivity contribution in [2.75, 3.05) is 14.1 Å². The molecule has 0 atom stereocenters. The van der Waals surface area contributed by atoms with E-state index in [0.717, 1.165) is 9.87 Å². The third-order valence-corrected chi connectivity index (χ3v) is 4.84. The summed E-state index contributed by atoms with van der Waals surface area (Å²) in [6.45, 7) is 0. The molecule has 2 rings (SSSR count). The Bertz CT molecular complexity index is 804. The van der Waals surface area contributed by atoms with E-state index in [1.54, 1.807) is 18.2 Å². The Labute approximate surface area is 123 Å². The number of nitrogens with zero attached hydrogens (tertiary/aromatic N) is 2. The van der Waals surface area contributed by atoms with Gasteiger partial charge in [-0.15, -0.1) is 0 Å². The van der Waals surface area contributed by atoms with Gasteiger partial charge in [-0.3, -0.25) is 0 Å². The van der Waals surface area contributed by atoms with Gasteiger partial charge in [0.15, 0.2) is 0 Å². The predicted octanol–water partition coefficient (Wildman–Crippen LogP) is 2.18. The van der Waals surface area contributed by atoms with Gasteiger partial charge in [-0.05, 0) is 41.5 Å². The minimum atomic E-state index is -3.47. The van der Waals surface area contributed by atoms with Crippen molar-refractivity contribution in [3.63, 3.8) is 0 Å². The Balaban J connectivity index is 2.45. The molecule has 0 aliphatic rings. The average molecular weight is 302 g/mol. The predicted molar refractivity (Wildman–Crippen MR) is 79.1 cm³/mol. The van der Waals surface area contributed by atoms with Crippen molar-refractivity contribution in [2.45, 2.75) is 4.90 Å². The summed E-state index contributed by atoms with van der Waals surface area (Å²) in [4.78, 5) is 0.192. The van der Waals surface area contributed by atoms with Gasteiger partial charge in [-0.2, -0.15) is 5.26 Å². The molecule has 108 valence electrons. The number of phenols is 1. The average Bonchev–Trinajstić information content (AvgIpc) is 2.46. The van der Waals surface area contributed by atoms with E-state index in [2.05, 4.69) is 0 Å². The summed E-state index contributed by atoms with van der Waals surface area (Å²) in [6.07, 6.45) is 0. The number of aromatic hydroxyl groups is 1. The molecule has 1 N–H and O–H groups in total. The molecule has 0 fully saturated rings. The molecule has 6 heteroatoms. The van der Waals surface area contributed by atoms with E-state index >= 15 is 0 Å². The Kier molecular flexibility index (Phi) is 3.98. The minimum Gasteiger partial charge on any atom is -0.508 e. The first-order valence-electron chi connectivity index (χ1n) is 6.12. The van der Waals surface area contributed by atoms with Crippen LogP contribution in [0.5, 0.6) is 5.75 Å². The zero-order valence-electron chi connectivity index (χ0n) is 11.6. The van der Waals surface area contributed by atoms with Gasteiger partial charge >= 0.3 is 0 Å². The van der Waals surface area contributed by atoms with Gasteiger partial charge in [0.2, 0.25) is 10.0 Å². The minimum absolute atomic E-state index is 0.00552. The molecule has 0 bridgehead atoms. The maximum atomic E-state index is 12.0. The molecule has 0 saturated heterocycles. The lowest BCUT2D eigenvalue weighted by atomic mass is 10.0. The van der Waals surface area contributed by atoms with E-state index < -0.39 is 10.0 Å². The topological polar surface area (TPSA) is 81.4 Å². The van der Waals surface area contributed by atoms with Crippen LogP contribution in [0.25, 0.3) is 11.1 Å². The van der Waals surface area contributed by atoms with Crippen LogP contribution in [0, 0.1) is 11.3 Å². The first-order chi connectivity index (χ1) is 9.84. The molecule has 0 radical (unpaired) electrons. The van der Waals surface area contributed by atoms with Crippen molar-refractivity contribution in [1.29, 1.82) is 5.26 Å². The summed E-state index contributed by atoms with van der Waals surface area (Å²) < 4.78 is 25.1. The van der Waals surface area contributed by atoms with Crippen molar-refractivity contribution < 1.29 is 13.5 Å². The van der Waals surface area contributed by atoms with Crippen LogP contribution in [0.15, 0.2) is 47.4 Å². The van der Waals surface area contributed by atoms with Crippen LogP contribution in [0.2, 0.25) is 0 Å². The van der Waals surface area contributed by atoms with E-state index in [1.807, 2.05) is 6.07 Å². The highest BCUT2D eigenvalue weighted by molar-refractivity contribution is 7.89. The highest BCUT2D eigenvalue weighted by Gasteiger charge is 2.16. The maximum Gasteiger partial charge on any atom is 0.242 e. The molecule has 0 aliphatic carbocycles. The highest BCUT2D eigenvalue weighted by atomic mass is 32.2. The maximum absolute atomic E-state index is 12.0. The van der Waals surface area contributed by atoms with Crippen LogP contribution < -0.4 is 0 Å². The standard InChI is InChI=1S/C15H14N2O3S/c1-17(2)21(19,20)15-5-3-12(4-6-15)13-7-11(10-16)8-14(18)9-13/h3-9,18H,1-2H3. The normalized spacial score (nSPS) is 11.3. The summed E-state index contributed by atoms with van der Waals surface area (Å²) in [6, 6.07) is 12.8. The zero-order valence-corrected chi connectivity index (χ0v) is 12.4. The Morgan fingerprint density at radius 3 is 2.19 bits per heavy atom. The van der Waals surface area contributed by atoms with E-state index in [-0.39, 0.29) is 10.6 Å². The second-order valence-corrected chi connectivity index (χ2v) is 6.84. The van der Waals surface area contributed by atoms with E-state index in [9.17, 15) is 13.5 Å². The number of hydrogen-bond acceptors (Lipinski definition) is 4. The van der Waals surface area contributed by atoms with Gasteiger partial charge in [0, 0.05) is 14.1 Å². The van der Waals surface area contributed by atoms with Crippen LogP contribution in [0.1, 0.15) is 5.56 Å². The second kappa shape index (κ2) is 5.56. The number of hydrogen-bond donors (Lipinski definition) is 1. The molecule has 0 saturated carbocycles. The van der Waals surface area contributed by atoms with Crippen molar-refractivity contribution in [3.05, 3.63) is 48.0 Å². The lowest BCUT2D eigenvalue weighted by Crippen LogP contribution is -2.22. The molecule has 5 nitrogen and oxygen atoms in total. The molecule has 0 aliphatic heterocycles. The summed E-state index contributed by atoms with van der Waals surface area (Å²) in [5.74, 6) is -0.00552. The molecule has 21 heavy (non-hydrogen) atoms. The Morgan fingerprint density at radius 1 is 1.05 bits per heavy atom. The fraction of sp³-hybridized carbons (Fsp3) is 0.133. The fourth-order valence-corrected chi connectivity index (χ4v) is 2.77. The molecular weight excluding hydrogens is 288 g/mol. The Morgan fingerprint density at radius 2 is 1.67 bits per heavy atom. The van der Waals surface area contributed by atoms with Gasteiger partial charge in [0.1, 0.15) is 5.75 Å². The van der Waals surface area contributed by atoms with Gasteiger partial charge in [0.25, 0.3) is 0 Å². The number of nitriles is 1. The third kappa shape index (κ3) is 3.05. The van der Waals surface area contributed by atoms with Gasteiger partial charge in [0.05, 0.1) is 16.5 Å². The van der Waals surface area contributed by atoms with Gasteiger partial charge in [-0.1, -0.05) is 12.1 Å². The first kappa shape index (κ1) is 15.0. The SMILES string of the molecule is CN(C)S(=O)(=O)c1ccc(-c2cc(O)cc(C#N)c2)cc1. The lowest BCUT2D eigenvalue weighted by Gasteiger charge is -2.11. The van der Waals surface area contributed by atoms with Crippen LogP contribution >= 0.6 is 0 Å².